The van der Waals surface area contributed by atoms with E-state index in [2.05, 4.69) is 5.32 Å². The molecule has 0 aliphatic carbocycles. The maximum absolute atomic E-state index is 13.8. The van der Waals surface area contributed by atoms with Crippen molar-refractivity contribution in [3.8, 4) is 0 Å². The third kappa shape index (κ3) is 5.17. The number of unbranched alkanes of at least 4 members (excludes halogenated alkanes) is 1. The minimum atomic E-state index is -3.87. The summed E-state index contributed by atoms with van der Waals surface area (Å²) in [6.45, 7) is 3.17. The summed E-state index contributed by atoms with van der Waals surface area (Å²) in [7, 11) is -3.87. The summed E-state index contributed by atoms with van der Waals surface area (Å²) in [5.74, 6) is -0.876. The Labute approximate surface area is 153 Å². The molecule has 1 aromatic rings. The number of carbonyl (C=O) groups is 2. The first kappa shape index (κ1) is 20.2. The molecule has 0 unspecified atom stereocenters. The van der Waals surface area contributed by atoms with Crippen molar-refractivity contribution in [1.29, 1.82) is 0 Å². The van der Waals surface area contributed by atoms with Crippen molar-refractivity contribution in [3.05, 3.63) is 30.1 Å². The lowest BCUT2D eigenvalue weighted by atomic mass is 10.2. The molecule has 7 nitrogen and oxygen atoms in total. The van der Waals surface area contributed by atoms with E-state index in [0.29, 0.717) is 44.7 Å². The molecular formula is C17H24FN3O4S. The number of nitrogens with zero attached hydrogens (tertiary/aromatic N) is 2. The molecule has 1 aromatic carbocycles. The number of para-hydroxylation sites is 1. The predicted octanol–water partition coefficient (Wildman–Crippen LogP) is 1.40. The number of piperazine rings is 1. The van der Waals surface area contributed by atoms with E-state index in [-0.39, 0.29) is 24.0 Å². The van der Waals surface area contributed by atoms with Crippen molar-refractivity contribution < 1.29 is 22.4 Å². The van der Waals surface area contributed by atoms with Gasteiger partial charge in [-0.1, -0.05) is 25.5 Å². The Morgan fingerprint density at radius 2 is 1.81 bits per heavy atom. The van der Waals surface area contributed by atoms with Crippen molar-refractivity contribution in [3.63, 3.8) is 0 Å². The van der Waals surface area contributed by atoms with Gasteiger partial charge in [0.25, 0.3) is 0 Å². The fourth-order valence-corrected chi connectivity index (χ4v) is 3.85. The fourth-order valence-electron chi connectivity index (χ4n) is 2.70. The van der Waals surface area contributed by atoms with E-state index in [9.17, 15) is 22.4 Å². The van der Waals surface area contributed by atoms with Crippen LogP contribution in [0.5, 0.6) is 0 Å². The number of carbonyl (C=O) groups excluding carboxylic acids is 2. The number of halogens is 1. The first-order valence-electron chi connectivity index (χ1n) is 8.63. The van der Waals surface area contributed by atoms with Crippen LogP contribution in [0.25, 0.3) is 0 Å². The average molecular weight is 385 g/mol. The van der Waals surface area contributed by atoms with E-state index in [1.165, 1.54) is 11.0 Å². The molecule has 1 fully saturated rings. The van der Waals surface area contributed by atoms with Gasteiger partial charge in [0.2, 0.25) is 15.7 Å². The van der Waals surface area contributed by atoms with Crippen LogP contribution in [0, 0.1) is 5.82 Å². The number of rotatable bonds is 6. The predicted molar refractivity (Wildman–Crippen MR) is 97.3 cm³/mol. The molecule has 0 saturated carbocycles. The Balaban J connectivity index is 1.81. The summed E-state index contributed by atoms with van der Waals surface area (Å²) in [5, 5.41) is 1.08. The molecule has 9 heteroatoms. The average Bonchev–Trinajstić information content (AvgIpc) is 2.64. The number of amides is 2. The van der Waals surface area contributed by atoms with E-state index < -0.39 is 15.1 Å². The highest BCUT2D eigenvalue weighted by Crippen LogP contribution is 2.20. The van der Waals surface area contributed by atoms with Crippen LogP contribution in [0.1, 0.15) is 19.8 Å². The van der Waals surface area contributed by atoms with Crippen molar-refractivity contribution in [2.75, 3.05) is 43.4 Å². The molecule has 0 bridgehead atoms. The Bertz CT molecular complexity index is 746. The quantitative estimate of drug-likeness (QED) is 0.800. The molecule has 2 amide bonds. The largest absolute Gasteiger partial charge is 0.366 e. The van der Waals surface area contributed by atoms with Crippen LogP contribution >= 0.6 is 0 Å². The summed E-state index contributed by atoms with van der Waals surface area (Å²) in [4.78, 5) is 27.3. The molecule has 2 rings (SSSR count). The van der Waals surface area contributed by atoms with Gasteiger partial charge >= 0.3 is 5.24 Å². The standard InChI is InChI=1S/C17H24FN3O4S/c1-2-3-12-26(24,25)17(23)19-13-16(22)21-10-8-20(9-11-21)15-7-5-4-6-14(15)18/h4-7H,2-3,8-13H2,1H3,(H,19,23). The maximum atomic E-state index is 13.8. The number of sulfone groups is 1. The van der Waals surface area contributed by atoms with Crippen LogP contribution in [0.3, 0.4) is 0 Å². The number of hydrogen-bond acceptors (Lipinski definition) is 5. The molecule has 0 radical (unpaired) electrons. The molecule has 0 atom stereocenters. The van der Waals surface area contributed by atoms with Gasteiger partial charge < -0.3 is 15.1 Å². The van der Waals surface area contributed by atoms with Crippen LogP contribution in [0.15, 0.2) is 24.3 Å². The minimum absolute atomic E-state index is 0.217. The van der Waals surface area contributed by atoms with E-state index in [0.717, 1.165) is 0 Å². The van der Waals surface area contributed by atoms with Gasteiger partial charge in [-0.15, -0.1) is 0 Å². The summed E-state index contributed by atoms with van der Waals surface area (Å²) >= 11 is 0. The second kappa shape index (κ2) is 8.98. The lowest BCUT2D eigenvalue weighted by Gasteiger charge is -2.36. The Hall–Kier alpha value is -2.16. The van der Waals surface area contributed by atoms with E-state index in [1.807, 2.05) is 11.8 Å². The second-order valence-corrected chi connectivity index (χ2v) is 8.14. The zero-order valence-corrected chi connectivity index (χ0v) is 15.6. The highest BCUT2D eigenvalue weighted by Gasteiger charge is 2.25. The van der Waals surface area contributed by atoms with Crippen LogP contribution in [0.2, 0.25) is 0 Å². The van der Waals surface area contributed by atoms with Gasteiger partial charge in [-0.2, -0.15) is 0 Å². The smallest absolute Gasteiger partial charge is 0.336 e. The fraction of sp³-hybridized carbons (Fsp3) is 0.529. The number of nitrogens with one attached hydrogen (secondary N) is 1. The van der Waals surface area contributed by atoms with Crippen molar-refractivity contribution >= 4 is 26.7 Å². The highest BCUT2D eigenvalue weighted by molar-refractivity contribution is 8.06. The Kier molecular flexibility index (Phi) is 6.96. The number of benzene rings is 1. The van der Waals surface area contributed by atoms with Crippen molar-refractivity contribution in [2.24, 2.45) is 0 Å². The lowest BCUT2D eigenvalue weighted by molar-refractivity contribution is -0.130. The molecule has 1 N–H and O–H groups in total. The van der Waals surface area contributed by atoms with Crippen LogP contribution in [0.4, 0.5) is 14.9 Å². The summed E-state index contributed by atoms with van der Waals surface area (Å²) in [5.41, 5.74) is 0.495. The molecular weight excluding hydrogens is 361 g/mol. The first-order valence-corrected chi connectivity index (χ1v) is 10.3. The van der Waals surface area contributed by atoms with Crippen molar-refractivity contribution in [2.45, 2.75) is 19.8 Å². The summed E-state index contributed by atoms with van der Waals surface area (Å²) < 4.78 is 37.3. The Morgan fingerprint density at radius 1 is 1.15 bits per heavy atom. The molecule has 1 aliphatic heterocycles. The minimum Gasteiger partial charge on any atom is -0.366 e. The van der Waals surface area contributed by atoms with Gasteiger partial charge in [-0.25, -0.2) is 12.8 Å². The third-order valence-corrected chi connectivity index (χ3v) is 5.79. The Morgan fingerprint density at radius 3 is 2.42 bits per heavy atom. The molecule has 1 heterocycles. The molecule has 0 aromatic heterocycles. The molecule has 0 spiro atoms. The van der Waals surface area contributed by atoms with Crippen LogP contribution in [-0.2, 0) is 14.6 Å². The van der Waals surface area contributed by atoms with E-state index in [1.54, 1.807) is 18.2 Å². The van der Waals surface area contributed by atoms with Crippen LogP contribution < -0.4 is 10.2 Å². The first-order chi connectivity index (χ1) is 12.3. The van der Waals surface area contributed by atoms with Gasteiger partial charge in [0.15, 0.2) is 0 Å². The lowest BCUT2D eigenvalue weighted by Crippen LogP contribution is -2.51. The van der Waals surface area contributed by atoms with Gasteiger partial charge in [0.1, 0.15) is 5.82 Å². The van der Waals surface area contributed by atoms with Gasteiger partial charge in [-0.3, -0.25) is 9.59 Å². The number of hydrogen-bond donors (Lipinski definition) is 1. The molecule has 1 saturated heterocycles. The van der Waals surface area contributed by atoms with E-state index >= 15 is 0 Å². The highest BCUT2D eigenvalue weighted by atomic mass is 32.2. The molecule has 1 aliphatic rings. The summed E-state index contributed by atoms with van der Waals surface area (Å²) in [6, 6.07) is 6.45. The molecule has 26 heavy (non-hydrogen) atoms. The third-order valence-electron chi connectivity index (χ3n) is 4.26. The second-order valence-electron chi connectivity index (χ2n) is 6.13. The molecule has 144 valence electrons. The normalized spacial score (nSPS) is 15.0. The van der Waals surface area contributed by atoms with Gasteiger partial charge in [-0.05, 0) is 18.6 Å². The maximum Gasteiger partial charge on any atom is 0.336 e. The SMILES string of the molecule is CCCCS(=O)(=O)C(=O)NCC(=O)N1CCN(c2ccccc2F)CC1. The van der Waals surface area contributed by atoms with Gasteiger partial charge in [0.05, 0.1) is 18.0 Å². The zero-order valence-electron chi connectivity index (χ0n) is 14.8. The van der Waals surface area contributed by atoms with Crippen LogP contribution in [-0.4, -0.2) is 62.9 Å². The van der Waals surface area contributed by atoms with Gasteiger partial charge in [0, 0.05) is 26.2 Å². The topological polar surface area (TPSA) is 86.8 Å². The van der Waals surface area contributed by atoms with Crippen molar-refractivity contribution in [1.82, 2.24) is 10.2 Å². The zero-order chi connectivity index (χ0) is 19.2. The summed E-state index contributed by atoms with van der Waals surface area (Å²) in [6.07, 6.45) is 1.07. The van der Waals surface area contributed by atoms with E-state index in [4.69, 9.17) is 0 Å². The number of anilines is 1. The monoisotopic (exact) mass is 385 g/mol.